The van der Waals surface area contributed by atoms with Gasteiger partial charge in [-0.3, -0.25) is 19.8 Å². The van der Waals surface area contributed by atoms with Gasteiger partial charge in [0.1, 0.15) is 17.3 Å². The van der Waals surface area contributed by atoms with Crippen LogP contribution in [0.3, 0.4) is 0 Å². The van der Waals surface area contributed by atoms with Crippen LogP contribution in [0.4, 0.5) is 15.8 Å². The Hall–Kier alpha value is -3.04. The van der Waals surface area contributed by atoms with E-state index in [0.717, 1.165) is 0 Å². The maximum absolute atomic E-state index is 13.1. The van der Waals surface area contributed by atoms with Gasteiger partial charge in [-0.15, -0.1) is 0 Å². The highest BCUT2D eigenvalue weighted by Crippen LogP contribution is 2.29. The number of hydrogen-bond acceptors (Lipinski definition) is 6. The number of halogens is 1. The molecule has 1 amide bonds. The van der Waals surface area contributed by atoms with Crippen molar-refractivity contribution in [2.45, 2.75) is 20.0 Å². The number of nitro groups is 1. The van der Waals surface area contributed by atoms with Gasteiger partial charge in [-0.25, -0.2) is 4.39 Å². The van der Waals surface area contributed by atoms with Crippen molar-refractivity contribution in [3.8, 4) is 5.75 Å². The number of nitro benzene ring substituents is 1. The van der Waals surface area contributed by atoms with Crippen LogP contribution in [0.2, 0.25) is 0 Å². The molecule has 0 aromatic heterocycles. The lowest BCUT2D eigenvalue weighted by Crippen LogP contribution is -2.38. The third kappa shape index (κ3) is 6.78. The maximum Gasteiger partial charge on any atom is 0.296 e. The number of carbonyl (C=O) groups is 1. The summed E-state index contributed by atoms with van der Waals surface area (Å²) in [7, 11) is 1.40. The number of methoxy groups -OCH3 is 1. The maximum atomic E-state index is 13.1. The van der Waals surface area contributed by atoms with Crippen LogP contribution in [0, 0.1) is 21.8 Å². The van der Waals surface area contributed by atoms with E-state index in [1.807, 2.05) is 13.8 Å². The Labute approximate surface area is 174 Å². The zero-order chi connectivity index (χ0) is 22.3. The second-order valence-corrected chi connectivity index (χ2v) is 7.34. The number of aliphatic hydroxyl groups excluding tert-OH is 1. The van der Waals surface area contributed by atoms with Crippen LogP contribution in [-0.2, 0) is 4.79 Å². The first-order valence-electron chi connectivity index (χ1n) is 9.47. The number of amides is 1. The van der Waals surface area contributed by atoms with Gasteiger partial charge in [0.2, 0.25) is 5.91 Å². The van der Waals surface area contributed by atoms with E-state index >= 15 is 0 Å². The van der Waals surface area contributed by atoms with Crippen LogP contribution < -0.4 is 10.1 Å². The van der Waals surface area contributed by atoms with Crippen molar-refractivity contribution in [2.75, 3.05) is 32.1 Å². The van der Waals surface area contributed by atoms with Crippen molar-refractivity contribution in [3.63, 3.8) is 0 Å². The molecule has 2 N–H and O–H groups in total. The fourth-order valence-corrected chi connectivity index (χ4v) is 3.04. The first-order valence-corrected chi connectivity index (χ1v) is 9.47. The van der Waals surface area contributed by atoms with Crippen molar-refractivity contribution in [1.29, 1.82) is 0 Å². The van der Waals surface area contributed by atoms with Crippen LogP contribution in [-0.4, -0.2) is 47.6 Å². The molecule has 0 heterocycles. The summed E-state index contributed by atoms with van der Waals surface area (Å²) in [6.45, 7) is 4.56. The molecule has 0 aliphatic heterocycles. The van der Waals surface area contributed by atoms with Crippen molar-refractivity contribution < 1.29 is 24.0 Å². The highest BCUT2D eigenvalue weighted by atomic mass is 19.1. The molecule has 30 heavy (non-hydrogen) atoms. The minimum Gasteiger partial charge on any atom is -0.496 e. The average molecular weight is 419 g/mol. The van der Waals surface area contributed by atoms with E-state index in [-0.39, 0.29) is 30.4 Å². The van der Waals surface area contributed by atoms with E-state index in [4.69, 9.17) is 4.74 Å². The van der Waals surface area contributed by atoms with E-state index in [2.05, 4.69) is 5.32 Å². The minimum atomic E-state index is -0.910. The molecule has 162 valence electrons. The van der Waals surface area contributed by atoms with Gasteiger partial charge < -0.3 is 15.2 Å². The number of ether oxygens (including phenoxy) is 1. The zero-order valence-corrected chi connectivity index (χ0v) is 17.2. The van der Waals surface area contributed by atoms with Crippen molar-refractivity contribution in [1.82, 2.24) is 4.90 Å². The number of nitrogens with one attached hydrogen (secondary N) is 1. The third-order valence-corrected chi connectivity index (χ3v) is 4.35. The molecule has 0 saturated heterocycles. The highest BCUT2D eigenvalue weighted by molar-refractivity contribution is 5.94. The topological polar surface area (TPSA) is 105 Å². The number of aliphatic hydroxyl groups is 1. The number of nitrogens with zero attached hydrogens (tertiary/aromatic N) is 2. The molecule has 9 heteroatoms. The van der Waals surface area contributed by atoms with Gasteiger partial charge >= 0.3 is 0 Å². The van der Waals surface area contributed by atoms with Crippen molar-refractivity contribution in [2.24, 2.45) is 5.92 Å². The van der Waals surface area contributed by atoms with E-state index < -0.39 is 22.8 Å². The summed E-state index contributed by atoms with van der Waals surface area (Å²) in [5.74, 6) is -0.322. The van der Waals surface area contributed by atoms with Gasteiger partial charge in [0, 0.05) is 13.1 Å². The minimum absolute atomic E-state index is 0.0642. The quantitative estimate of drug-likeness (QED) is 0.452. The molecule has 0 aliphatic rings. The van der Waals surface area contributed by atoms with Crippen LogP contribution in [0.15, 0.2) is 42.5 Å². The summed E-state index contributed by atoms with van der Waals surface area (Å²) in [5.41, 5.74) is 0.329. The highest BCUT2D eigenvalue weighted by Gasteiger charge is 2.21. The van der Waals surface area contributed by atoms with Gasteiger partial charge in [0.25, 0.3) is 5.69 Å². The Bertz CT molecular complexity index is 873. The lowest BCUT2D eigenvalue weighted by molar-refractivity contribution is -0.384. The predicted molar refractivity (Wildman–Crippen MR) is 111 cm³/mol. The molecule has 8 nitrogen and oxygen atoms in total. The van der Waals surface area contributed by atoms with E-state index in [1.54, 1.807) is 4.90 Å². The van der Waals surface area contributed by atoms with Gasteiger partial charge in [0.05, 0.1) is 30.7 Å². The lowest BCUT2D eigenvalue weighted by atomic mass is 10.1. The zero-order valence-electron chi connectivity index (χ0n) is 17.2. The monoisotopic (exact) mass is 419 g/mol. The molecule has 2 rings (SSSR count). The van der Waals surface area contributed by atoms with Crippen LogP contribution in [0.25, 0.3) is 0 Å². The fraction of sp³-hybridized carbons (Fsp3) is 0.381. The number of hydrogen-bond donors (Lipinski definition) is 2. The summed E-state index contributed by atoms with van der Waals surface area (Å²) in [4.78, 5) is 25.0. The summed E-state index contributed by atoms with van der Waals surface area (Å²) >= 11 is 0. The van der Waals surface area contributed by atoms with Gasteiger partial charge in [-0.2, -0.15) is 0 Å². The average Bonchev–Trinajstić information content (AvgIpc) is 2.67. The predicted octanol–water partition coefficient (Wildman–Crippen LogP) is 3.37. The Morgan fingerprint density at radius 3 is 2.47 bits per heavy atom. The van der Waals surface area contributed by atoms with Crippen LogP contribution >= 0.6 is 0 Å². The molecule has 0 radical (unpaired) electrons. The van der Waals surface area contributed by atoms with E-state index in [9.17, 15) is 24.4 Å². The van der Waals surface area contributed by atoms with Crippen molar-refractivity contribution >= 4 is 17.3 Å². The number of rotatable bonds is 10. The van der Waals surface area contributed by atoms with E-state index in [1.165, 1.54) is 49.6 Å². The summed E-state index contributed by atoms with van der Waals surface area (Å²) in [6.07, 6.45) is -0.910. The van der Waals surface area contributed by atoms with Gasteiger partial charge in [-0.05, 0) is 35.7 Å². The number of carbonyl (C=O) groups excluding carboxylic acids is 1. The SMILES string of the molecule is COc1ccc(NC(=O)CN(CC(C)C)CC(O)c2ccc(F)cc2)c([N+](=O)[O-])c1. The molecule has 0 fully saturated rings. The summed E-state index contributed by atoms with van der Waals surface area (Å²) < 4.78 is 18.1. The molecular weight excluding hydrogens is 393 g/mol. The Kier molecular flexibility index (Phi) is 8.25. The molecule has 0 saturated carbocycles. The molecule has 0 bridgehead atoms. The number of anilines is 1. The molecule has 2 aromatic rings. The Morgan fingerprint density at radius 2 is 1.90 bits per heavy atom. The third-order valence-electron chi connectivity index (χ3n) is 4.35. The summed E-state index contributed by atoms with van der Waals surface area (Å²) in [6, 6.07) is 9.69. The first-order chi connectivity index (χ1) is 14.2. The molecule has 1 unspecified atom stereocenters. The fourth-order valence-electron chi connectivity index (χ4n) is 3.04. The molecule has 0 aliphatic carbocycles. The second-order valence-electron chi connectivity index (χ2n) is 7.34. The standard InChI is InChI=1S/C21H26FN3O5/c1-14(2)11-24(12-20(26)15-4-6-16(22)7-5-15)13-21(27)23-18-9-8-17(30-3)10-19(18)25(28)29/h4-10,14,20,26H,11-13H2,1-3H3,(H,23,27). The Balaban J connectivity index is 2.09. The molecule has 1 atom stereocenters. The van der Waals surface area contributed by atoms with Crippen molar-refractivity contribution in [3.05, 3.63) is 64.0 Å². The smallest absolute Gasteiger partial charge is 0.296 e. The normalized spacial score (nSPS) is 12.1. The Morgan fingerprint density at radius 1 is 1.23 bits per heavy atom. The number of benzene rings is 2. The van der Waals surface area contributed by atoms with Crippen LogP contribution in [0.1, 0.15) is 25.5 Å². The van der Waals surface area contributed by atoms with E-state index in [0.29, 0.717) is 17.9 Å². The van der Waals surface area contributed by atoms with Gasteiger partial charge in [0.15, 0.2) is 0 Å². The van der Waals surface area contributed by atoms with Crippen LogP contribution in [0.5, 0.6) is 5.75 Å². The van der Waals surface area contributed by atoms with Gasteiger partial charge in [-0.1, -0.05) is 26.0 Å². The molecule has 0 spiro atoms. The largest absolute Gasteiger partial charge is 0.496 e. The lowest BCUT2D eigenvalue weighted by Gasteiger charge is -2.26. The first kappa shape index (κ1) is 23.2. The molecule has 2 aromatic carbocycles. The summed E-state index contributed by atoms with van der Waals surface area (Å²) in [5, 5.41) is 24.3. The second kappa shape index (κ2) is 10.7. The molecular formula is C21H26FN3O5.